The summed E-state index contributed by atoms with van der Waals surface area (Å²) < 4.78 is 4.34. The molecule has 1 aliphatic rings. The van der Waals surface area contributed by atoms with Crippen LogP contribution >= 0.6 is 22.9 Å². The molecule has 1 N–H and O–H groups in total. The van der Waals surface area contributed by atoms with Crippen molar-refractivity contribution in [2.75, 3.05) is 5.32 Å². The molecule has 0 radical (unpaired) electrons. The van der Waals surface area contributed by atoms with Crippen LogP contribution in [0.4, 0.5) is 5.13 Å². The van der Waals surface area contributed by atoms with Crippen LogP contribution in [-0.4, -0.2) is 9.36 Å². The Bertz CT molecular complexity index is 509. The average Bonchev–Trinajstić information content (AvgIpc) is 3.00. The van der Waals surface area contributed by atoms with Gasteiger partial charge in [0.1, 0.15) is 5.82 Å². The Balaban J connectivity index is 1.59. The lowest BCUT2D eigenvalue weighted by Crippen LogP contribution is -1.97. The van der Waals surface area contributed by atoms with Gasteiger partial charge in [-0.05, 0) is 37.3 Å². The molecule has 0 aliphatic heterocycles. The highest BCUT2D eigenvalue weighted by Crippen LogP contribution is 2.31. The first-order valence-corrected chi connectivity index (χ1v) is 8.11. The summed E-state index contributed by atoms with van der Waals surface area (Å²) in [6.45, 7) is 3.04. The van der Waals surface area contributed by atoms with Crippen molar-refractivity contribution in [3.63, 3.8) is 0 Å². The Morgan fingerprint density at radius 2 is 2.33 bits per heavy atom. The number of rotatable bonds is 5. The molecule has 3 nitrogen and oxygen atoms in total. The smallest absolute Gasteiger partial charge is 0.202 e. The minimum atomic E-state index is 0.887. The van der Waals surface area contributed by atoms with E-state index in [1.165, 1.54) is 35.7 Å². The maximum atomic E-state index is 4.48. The number of nitrogens with zero attached hydrogens (tertiary/aromatic N) is 2. The van der Waals surface area contributed by atoms with Crippen LogP contribution in [0, 0.1) is 0 Å². The third-order valence-corrected chi connectivity index (χ3v) is 5.10. The summed E-state index contributed by atoms with van der Waals surface area (Å²) in [5.41, 5.74) is 1.57. The first-order chi connectivity index (χ1) is 8.85. The first-order valence-electron chi connectivity index (χ1n) is 6.52. The highest BCUT2D eigenvalue weighted by Gasteiger charge is 2.14. The summed E-state index contributed by atoms with van der Waals surface area (Å²) >= 11 is 3.42. The number of thiophene rings is 1. The van der Waals surface area contributed by atoms with Crippen LogP contribution in [-0.2, 0) is 25.8 Å². The number of aryl methyl sites for hydroxylation is 3. The number of nitrogens with one attached hydrogen (secondary N) is 1. The average molecular weight is 279 g/mol. The summed E-state index contributed by atoms with van der Waals surface area (Å²) in [6, 6.07) is 2.36. The van der Waals surface area contributed by atoms with Crippen LogP contribution in [0.3, 0.4) is 0 Å². The van der Waals surface area contributed by atoms with Crippen LogP contribution < -0.4 is 5.32 Å². The Kier molecular flexibility index (Phi) is 3.61. The molecule has 0 saturated carbocycles. The summed E-state index contributed by atoms with van der Waals surface area (Å²) in [7, 11) is 0. The van der Waals surface area contributed by atoms with E-state index in [-0.39, 0.29) is 0 Å². The van der Waals surface area contributed by atoms with E-state index >= 15 is 0 Å². The third-order valence-electron chi connectivity index (χ3n) is 3.15. The van der Waals surface area contributed by atoms with E-state index in [1.54, 1.807) is 10.4 Å². The molecule has 1 aliphatic carbocycles. The molecule has 0 atom stereocenters. The summed E-state index contributed by atoms with van der Waals surface area (Å²) in [5, 5.41) is 4.33. The zero-order chi connectivity index (χ0) is 12.4. The van der Waals surface area contributed by atoms with Crippen molar-refractivity contribution in [3.8, 4) is 0 Å². The van der Waals surface area contributed by atoms with Gasteiger partial charge in [-0.25, -0.2) is 4.98 Å². The van der Waals surface area contributed by atoms with Gasteiger partial charge in [0.25, 0.3) is 0 Å². The fraction of sp³-hybridized carbons (Fsp3) is 0.538. The van der Waals surface area contributed by atoms with Crippen molar-refractivity contribution in [3.05, 3.63) is 27.2 Å². The van der Waals surface area contributed by atoms with Gasteiger partial charge in [0.05, 0.1) is 6.54 Å². The second-order valence-corrected chi connectivity index (χ2v) is 6.61. The standard InChI is InChI=1S/C13H17N3S2/c1-2-4-12-15-13(18-16-12)14-8-10-7-9-5-3-6-11(9)17-10/h7H,2-6,8H2,1H3,(H,14,15,16). The molecule has 0 spiro atoms. The summed E-state index contributed by atoms with van der Waals surface area (Å²) in [6.07, 6.45) is 5.97. The normalized spacial score (nSPS) is 13.8. The van der Waals surface area contributed by atoms with Crippen LogP contribution in [0.15, 0.2) is 6.07 Å². The van der Waals surface area contributed by atoms with Crippen LogP contribution in [0.1, 0.15) is 40.9 Å². The van der Waals surface area contributed by atoms with Gasteiger partial charge in [-0.2, -0.15) is 4.37 Å². The largest absolute Gasteiger partial charge is 0.355 e. The zero-order valence-electron chi connectivity index (χ0n) is 10.5. The molecule has 2 heterocycles. The molecule has 2 aromatic rings. The van der Waals surface area contributed by atoms with E-state index in [4.69, 9.17) is 0 Å². The molecule has 0 aromatic carbocycles. The zero-order valence-corrected chi connectivity index (χ0v) is 12.2. The molecule has 0 fully saturated rings. The summed E-state index contributed by atoms with van der Waals surface area (Å²) in [4.78, 5) is 7.50. The molecule has 0 unspecified atom stereocenters. The summed E-state index contributed by atoms with van der Waals surface area (Å²) in [5.74, 6) is 0.971. The molecular weight excluding hydrogens is 262 g/mol. The van der Waals surface area contributed by atoms with E-state index in [0.717, 1.165) is 30.3 Å². The van der Waals surface area contributed by atoms with Crippen molar-refractivity contribution in [2.45, 2.75) is 45.6 Å². The minimum Gasteiger partial charge on any atom is -0.355 e. The quantitative estimate of drug-likeness (QED) is 0.907. The molecule has 3 rings (SSSR count). The lowest BCUT2D eigenvalue weighted by molar-refractivity contribution is 0.861. The number of anilines is 1. The van der Waals surface area contributed by atoms with E-state index < -0.39 is 0 Å². The fourth-order valence-corrected chi connectivity index (χ4v) is 4.10. The van der Waals surface area contributed by atoms with E-state index in [0.29, 0.717) is 0 Å². The Hall–Kier alpha value is -0.940. The second kappa shape index (κ2) is 5.36. The van der Waals surface area contributed by atoms with Crippen LogP contribution in [0.2, 0.25) is 0 Å². The number of hydrogen-bond acceptors (Lipinski definition) is 5. The van der Waals surface area contributed by atoms with Gasteiger partial charge < -0.3 is 5.32 Å². The van der Waals surface area contributed by atoms with Crippen molar-refractivity contribution in [2.24, 2.45) is 0 Å². The van der Waals surface area contributed by atoms with E-state index in [9.17, 15) is 0 Å². The van der Waals surface area contributed by atoms with Crippen molar-refractivity contribution in [1.29, 1.82) is 0 Å². The lowest BCUT2D eigenvalue weighted by atomic mass is 10.2. The predicted octanol–water partition coefficient (Wildman–Crippen LogP) is 3.65. The molecule has 0 amide bonds. The topological polar surface area (TPSA) is 37.8 Å². The Morgan fingerprint density at radius 1 is 1.39 bits per heavy atom. The molecule has 5 heteroatoms. The van der Waals surface area contributed by atoms with Gasteiger partial charge in [-0.1, -0.05) is 6.92 Å². The SMILES string of the molecule is CCCc1nsc(NCc2cc3c(s2)CCC3)n1. The molecule has 96 valence electrons. The first kappa shape index (κ1) is 12.1. The van der Waals surface area contributed by atoms with Gasteiger partial charge in [-0.15, -0.1) is 11.3 Å². The molecular formula is C13H17N3S2. The number of aromatic nitrogens is 2. The van der Waals surface area contributed by atoms with Gasteiger partial charge >= 0.3 is 0 Å². The van der Waals surface area contributed by atoms with Crippen molar-refractivity contribution < 1.29 is 0 Å². The number of hydrogen-bond donors (Lipinski definition) is 1. The van der Waals surface area contributed by atoms with Gasteiger partial charge in [0, 0.05) is 27.7 Å². The second-order valence-electron chi connectivity index (χ2n) is 4.63. The Morgan fingerprint density at radius 3 is 3.17 bits per heavy atom. The maximum absolute atomic E-state index is 4.48. The molecule has 0 saturated heterocycles. The Labute approximate surface area is 115 Å². The van der Waals surface area contributed by atoms with Gasteiger partial charge in [-0.3, -0.25) is 0 Å². The number of fused-ring (bicyclic) bond motifs is 1. The molecule has 2 aromatic heterocycles. The molecule has 0 bridgehead atoms. The highest BCUT2D eigenvalue weighted by atomic mass is 32.1. The fourth-order valence-electron chi connectivity index (χ4n) is 2.29. The monoisotopic (exact) mass is 279 g/mol. The van der Waals surface area contributed by atoms with Crippen LogP contribution in [0.5, 0.6) is 0 Å². The van der Waals surface area contributed by atoms with E-state index in [1.807, 2.05) is 11.3 Å². The van der Waals surface area contributed by atoms with Crippen LogP contribution in [0.25, 0.3) is 0 Å². The minimum absolute atomic E-state index is 0.887. The van der Waals surface area contributed by atoms with Gasteiger partial charge in [0.2, 0.25) is 5.13 Å². The van der Waals surface area contributed by atoms with E-state index in [2.05, 4.69) is 27.7 Å². The van der Waals surface area contributed by atoms with Crippen molar-refractivity contribution >= 4 is 28.0 Å². The predicted molar refractivity (Wildman–Crippen MR) is 77.6 cm³/mol. The lowest BCUT2D eigenvalue weighted by Gasteiger charge is -1.98. The third kappa shape index (κ3) is 2.57. The molecule has 18 heavy (non-hydrogen) atoms. The maximum Gasteiger partial charge on any atom is 0.202 e. The van der Waals surface area contributed by atoms with Gasteiger partial charge in [0.15, 0.2) is 0 Å². The van der Waals surface area contributed by atoms with Crippen molar-refractivity contribution in [1.82, 2.24) is 9.36 Å². The highest BCUT2D eigenvalue weighted by molar-refractivity contribution is 7.12.